The number of anilines is 1. The minimum atomic E-state index is 0.532. The van der Waals surface area contributed by atoms with E-state index in [2.05, 4.69) is 15.9 Å². The average Bonchev–Trinajstić information content (AvgIpc) is 1.83. The summed E-state index contributed by atoms with van der Waals surface area (Å²) in [7, 11) is 0. The molecule has 1 rings (SSSR count). The van der Waals surface area contributed by atoms with Crippen molar-refractivity contribution in [2.45, 2.75) is 0 Å². The summed E-state index contributed by atoms with van der Waals surface area (Å²) < 4.78 is 2.13. The second-order valence-corrected chi connectivity index (χ2v) is 2.46. The highest BCUT2D eigenvalue weighted by atomic mass is 79.9. The number of halogens is 1. The molecule has 0 aliphatic carbocycles. The summed E-state index contributed by atoms with van der Waals surface area (Å²) in [6, 6.07) is 5.36. The molecule has 9 heavy (non-hydrogen) atoms. The van der Waals surface area contributed by atoms with Gasteiger partial charge in [0.2, 0.25) is 0 Å². The fraction of sp³-hybridized carbons (Fsp3) is 0. The highest BCUT2D eigenvalue weighted by molar-refractivity contribution is 9.10. The molecule has 0 amide bonds. The van der Waals surface area contributed by atoms with Gasteiger partial charge in [-0.25, -0.2) is 0 Å². The third-order valence-corrected chi connectivity index (χ3v) is 1.66. The van der Waals surface area contributed by atoms with Gasteiger partial charge in [-0.15, -0.1) is 4.68 Å². The Morgan fingerprint density at radius 3 is 2.56 bits per heavy atom. The van der Waals surface area contributed by atoms with Crippen molar-refractivity contribution in [2.24, 2.45) is 0 Å². The molecule has 0 aliphatic heterocycles. The van der Waals surface area contributed by atoms with Crippen molar-refractivity contribution in [1.29, 1.82) is 0 Å². The number of nitrogens with two attached hydrogens (primary N) is 2. The molecule has 0 aromatic carbocycles. The maximum absolute atomic E-state index is 5.43. The number of rotatable bonds is 0. The molecular formula is C5H7BrN3+. The Balaban J connectivity index is 3.25. The van der Waals surface area contributed by atoms with Gasteiger partial charge in [-0.3, -0.25) is 11.6 Å². The highest BCUT2D eigenvalue weighted by Crippen LogP contribution is 2.02. The summed E-state index contributed by atoms with van der Waals surface area (Å²) in [6.07, 6.45) is 0. The monoisotopic (exact) mass is 188 g/mol. The Labute approximate surface area is 61.4 Å². The van der Waals surface area contributed by atoms with Crippen molar-refractivity contribution < 1.29 is 4.68 Å². The quantitative estimate of drug-likeness (QED) is 0.343. The summed E-state index contributed by atoms with van der Waals surface area (Å²) in [5, 5.41) is 0. The van der Waals surface area contributed by atoms with Gasteiger partial charge in [-0.05, 0) is 28.1 Å². The molecule has 0 unspecified atom stereocenters. The van der Waals surface area contributed by atoms with Crippen LogP contribution >= 0.6 is 15.9 Å². The van der Waals surface area contributed by atoms with E-state index < -0.39 is 0 Å². The Bertz CT molecular complexity index is 203. The maximum Gasteiger partial charge on any atom is 0.296 e. The van der Waals surface area contributed by atoms with Gasteiger partial charge in [0.15, 0.2) is 4.60 Å². The van der Waals surface area contributed by atoms with Crippen LogP contribution in [0.3, 0.4) is 0 Å². The van der Waals surface area contributed by atoms with Crippen molar-refractivity contribution in [1.82, 2.24) is 0 Å². The average molecular weight is 189 g/mol. The highest BCUT2D eigenvalue weighted by Gasteiger charge is 2.01. The Kier molecular flexibility index (Phi) is 1.57. The fourth-order valence-corrected chi connectivity index (χ4v) is 0.867. The van der Waals surface area contributed by atoms with Gasteiger partial charge in [0.25, 0.3) is 5.82 Å². The smallest absolute Gasteiger partial charge is 0.285 e. The third-order valence-electron chi connectivity index (χ3n) is 1.01. The number of aromatic nitrogens is 1. The summed E-state index contributed by atoms with van der Waals surface area (Å²) in [5.41, 5.74) is 5.43. The molecule has 0 saturated heterocycles. The van der Waals surface area contributed by atoms with E-state index in [1.807, 2.05) is 12.1 Å². The van der Waals surface area contributed by atoms with Crippen LogP contribution in [0.5, 0.6) is 0 Å². The van der Waals surface area contributed by atoms with E-state index in [-0.39, 0.29) is 0 Å². The zero-order chi connectivity index (χ0) is 6.85. The number of hydrogen-bond acceptors (Lipinski definition) is 2. The normalized spacial score (nSPS) is 9.44. The van der Waals surface area contributed by atoms with Gasteiger partial charge in [-0.1, -0.05) is 0 Å². The Morgan fingerprint density at radius 2 is 2.11 bits per heavy atom. The van der Waals surface area contributed by atoms with E-state index in [1.165, 1.54) is 4.68 Å². The summed E-state index contributed by atoms with van der Waals surface area (Å²) in [6.45, 7) is 0. The lowest BCUT2D eigenvalue weighted by atomic mass is 10.5. The predicted octanol–water partition coefficient (Wildman–Crippen LogP) is 0.0326. The van der Waals surface area contributed by atoms with Gasteiger partial charge in [0.1, 0.15) is 0 Å². The van der Waals surface area contributed by atoms with E-state index in [9.17, 15) is 0 Å². The van der Waals surface area contributed by atoms with Gasteiger partial charge >= 0.3 is 0 Å². The van der Waals surface area contributed by atoms with Crippen molar-refractivity contribution in [2.75, 3.05) is 11.6 Å². The first-order chi connectivity index (χ1) is 4.22. The van der Waals surface area contributed by atoms with Crippen LogP contribution in [-0.2, 0) is 0 Å². The molecule has 0 saturated carbocycles. The van der Waals surface area contributed by atoms with Gasteiger partial charge in [0, 0.05) is 6.07 Å². The SMILES string of the molecule is Nc1cccc(Br)[n+]1N. The molecule has 0 spiro atoms. The molecule has 4 N–H and O–H groups in total. The second kappa shape index (κ2) is 2.23. The van der Waals surface area contributed by atoms with Crippen LogP contribution in [0.15, 0.2) is 22.8 Å². The van der Waals surface area contributed by atoms with E-state index in [1.54, 1.807) is 6.07 Å². The first-order valence-corrected chi connectivity index (χ1v) is 3.22. The van der Waals surface area contributed by atoms with Gasteiger partial charge in [-0.2, -0.15) is 0 Å². The topological polar surface area (TPSA) is 55.9 Å². The summed E-state index contributed by atoms with van der Waals surface area (Å²) in [5.74, 6) is 5.96. The molecule has 4 heteroatoms. The largest absolute Gasteiger partial charge is 0.296 e. The summed E-state index contributed by atoms with van der Waals surface area (Å²) in [4.78, 5) is 0. The van der Waals surface area contributed by atoms with Crippen LogP contribution in [0.1, 0.15) is 0 Å². The van der Waals surface area contributed by atoms with Crippen molar-refractivity contribution in [3.05, 3.63) is 22.8 Å². The van der Waals surface area contributed by atoms with Crippen LogP contribution < -0.4 is 16.3 Å². The molecule has 3 nitrogen and oxygen atoms in total. The molecule has 1 aromatic rings. The molecule has 0 radical (unpaired) electrons. The van der Waals surface area contributed by atoms with Crippen LogP contribution in [0, 0.1) is 0 Å². The number of nitrogen functional groups attached to an aromatic ring is 2. The van der Waals surface area contributed by atoms with Crippen molar-refractivity contribution in [3.63, 3.8) is 0 Å². The van der Waals surface area contributed by atoms with Gasteiger partial charge < -0.3 is 0 Å². The maximum atomic E-state index is 5.43. The zero-order valence-electron chi connectivity index (χ0n) is 4.71. The standard InChI is InChI=1S/C5H6BrN3/c6-4-2-1-3-5(7)9(4)8/h1-3,7H,8H2/p+1. The second-order valence-electron chi connectivity index (χ2n) is 1.64. The molecule has 48 valence electrons. The molecule has 1 heterocycles. The van der Waals surface area contributed by atoms with E-state index in [4.69, 9.17) is 11.6 Å². The zero-order valence-corrected chi connectivity index (χ0v) is 6.30. The van der Waals surface area contributed by atoms with Crippen LogP contribution in [0.4, 0.5) is 5.82 Å². The molecule has 0 bridgehead atoms. The lowest BCUT2D eigenvalue weighted by Crippen LogP contribution is -2.48. The minimum Gasteiger partial charge on any atom is -0.285 e. The Hall–Kier alpha value is -0.770. The Morgan fingerprint density at radius 1 is 1.44 bits per heavy atom. The molecule has 0 fully saturated rings. The van der Waals surface area contributed by atoms with E-state index >= 15 is 0 Å². The first-order valence-electron chi connectivity index (χ1n) is 2.43. The van der Waals surface area contributed by atoms with Crippen molar-refractivity contribution >= 4 is 21.7 Å². The molecular weight excluding hydrogens is 182 g/mol. The molecule has 0 atom stereocenters. The minimum absolute atomic E-state index is 0.532. The summed E-state index contributed by atoms with van der Waals surface area (Å²) >= 11 is 3.20. The van der Waals surface area contributed by atoms with E-state index in [0.717, 1.165) is 4.60 Å². The van der Waals surface area contributed by atoms with Crippen LogP contribution in [0.2, 0.25) is 0 Å². The van der Waals surface area contributed by atoms with Crippen molar-refractivity contribution in [3.8, 4) is 0 Å². The first kappa shape index (κ1) is 6.35. The van der Waals surface area contributed by atoms with Gasteiger partial charge in [0.05, 0.1) is 0 Å². The van der Waals surface area contributed by atoms with Crippen LogP contribution in [0.25, 0.3) is 0 Å². The third kappa shape index (κ3) is 1.13. The fourth-order valence-electron chi connectivity index (χ4n) is 0.510. The van der Waals surface area contributed by atoms with E-state index in [0.29, 0.717) is 5.82 Å². The number of hydrogen-bond donors (Lipinski definition) is 2. The molecule has 0 aliphatic rings. The molecule has 1 aromatic heterocycles. The lowest BCUT2D eigenvalue weighted by molar-refractivity contribution is -0.635. The number of pyridine rings is 1. The number of nitrogens with zero attached hydrogens (tertiary/aromatic N) is 1. The predicted molar refractivity (Wildman–Crippen MR) is 38.9 cm³/mol. The lowest BCUT2D eigenvalue weighted by Gasteiger charge is -1.94. The van der Waals surface area contributed by atoms with Crippen LogP contribution in [-0.4, -0.2) is 0 Å².